The van der Waals surface area contributed by atoms with Crippen LogP contribution >= 0.6 is 11.8 Å². The number of carbonyl (C=O) groups excluding carboxylic acids is 1. The summed E-state index contributed by atoms with van der Waals surface area (Å²) < 4.78 is 0. The van der Waals surface area contributed by atoms with Crippen LogP contribution < -0.4 is 5.32 Å². The number of aromatic amines is 1. The number of nitrogens with one attached hydrogen (secondary N) is 2. The average molecular weight is 244 g/mol. The summed E-state index contributed by atoms with van der Waals surface area (Å²) in [6.07, 6.45) is 3.49. The van der Waals surface area contributed by atoms with Crippen molar-refractivity contribution >= 4 is 23.6 Å². The van der Waals surface area contributed by atoms with Crippen LogP contribution in [0.15, 0.2) is 6.20 Å². The summed E-state index contributed by atoms with van der Waals surface area (Å²) in [6, 6.07) is -0.892. The summed E-state index contributed by atoms with van der Waals surface area (Å²) in [7, 11) is 0. The highest BCUT2D eigenvalue weighted by Gasteiger charge is 2.21. The first-order chi connectivity index (χ1) is 7.65. The maximum atomic E-state index is 11.5. The van der Waals surface area contributed by atoms with Gasteiger partial charge in [0.2, 0.25) is 0 Å². The third kappa shape index (κ3) is 3.54. The van der Waals surface area contributed by atoms with Crippen molar-refractivity contribution in [2.45, 2.75) is 12.5 Å². The van der Waals surface area contributed by atoms with Gasteiger partial charge in [-0.25, -0.2) is 4.79 Å². The lowest BCUT2D eigenvalue weighted by Gasteiger charge is -2.12. The number of carboxylic acid groups (broad SMARTS) is 1. The van der Waals surface area contributed by atoms with E-state index in [1.54, 1.807) is 0 Å². The normalized spacial score (nSPS) is 12.1. The first kappa shape index (κ1) is 12.5. The Morgan fingerprint density at radius 2 is 2.44 bits per heavy atom. The number of hydrogen-bond acceptors (Lipinski definition) is 5. The molecule has 0 aliphatic rings. The summed E-state index contributed by atoms with van der Waals surface area (Å²) in [6.45, 7) is 0. The summed E-state index contributed by atoms with van der Waals surface area (Å²) >= 11 is 1.52. The van der Waals surface area contributed by atoms with Crippen LogP contribution in [-0.2, 0) is 4.79 Å². The Kier molecular flexibility index (Phi) is 4.77. The van der Waals surface area contributed by atoms with Gasteiger partial charge in [0.25, 0.3) is 5.91 Å². The van der Waals surface area contributed by atoms with Gasteiger partial charge in [-0.1, -0.05) is 0 Å². The van der Waals surface area contributed by atoms with E-state index in [9.17, 15) is 9.59 Å². The maximum absolute atomic E-state index is 11.5. The quantitative estimate of drug-likeness (QED) is 0.636. The Hall–Kier alpha value is -1.57. The molecule has 16 heavy (non-hydrogen) atoms. The molecule has 0 saturated heterocycles. The first-order valence-corrected chi connectivity index (χ1v) is 5.93. The summed E-state index contributed by atoms with van der Waals surface area (Å²) in [5, 5.41) is 20.6. The number of rotatable bonds is 6. The molecule has 0 bridgehead atoms. The molecule has 0 unspecified atom stereocenters. The van der Waals surface area contributed by atoms with Gasteiger partial charge in [0.15, 0.2) is 5.69 Å². The van der Waals surface area contributed by atoms with Crippen LogP contribution in [0, 0.1) is 0 Å². The van der Waals surface area contributed by atoms with Crippen LogP contribution in [-0.4, -0.2) is 50.4 Å². The molecule has 1 atom stereocenters. The van der Waals surface area contributed by atoms with Crippen LogP contribution in [0.5, 0.6) is 0 Å². The minimum Gasteiger partial charge on any atom is -0.480 e. The number of aromatic nitrogens is 3. The van der Waals surface area contributed by atoms with E-state index in [2.05, 4.69) is 20.7 Å². The molecule has 7 nitrogen and oxygen atoms in total. The van der Waals surface area contributed by atoms with E-state index in [1.165, 1.54) is 18.0 Å². The molecule has 1 rings (SSSR count). The van der Waals surface area contributed by atoms with Crippen LogP contribution in [0.4, 0.5) is 0 Å². The SMILES string of the molecule is CSCC[C@@H](NC(=O)c1cn[nH]n1)C(=O)O. The highest BCUT2D eigenvalue weighted by molar-refractivity contribution is 7.98. The Bertz CT molecular complexity index is 354. The van der Waals surface area contributed by atoms with E-state index in [1.807, 2.05) is 6.26 Å². The van der Waals surface area contributed by atoms with Gasteiger partial charge in [0.1, 0.15) is 6.04 Å². The van der Waals surface area contributed by atoms with E-state index in [-0.39, 0.29) is 5.69 Å². The standard InChI is InChI=1S/C8H12N4O3S/c1-16-3-2-5(8(14)15)10-7(13)6-4-9-12-11-6/h4-5H,2-3H2,1H3,(H,10,13)(H,14,15)(H,9,11,12)/t5-/m1/s1. The van der Waals surface area contributed by atoms with Gasteiger partial charge in [-0.05, 0) is 18.4 Å². The smallest absolute Gasteiger partial charge is 0.326 e. The molecule has 1 aromatic rings. The lowest BCUT2D eigenvalue weighted by molar-refractivity contribution is -0.139. The molecule has 3 N–H and O–H groups in total. The topological polar surface area (TPSA) is 108 Å². The molecular formula is C8H12N4O3S. The average Bonchev–Trinajstić information content (AvgIpc) is 2.76. The second kappa shape index (κ2) is 6.11. The third-order valence-electron chi connectivity index (χ3n) is 1.86. The Labute approximate surface area is 96.0 Å². The Balaban J connectivity index is 2.54. The molecule has 0 radical (unpaired) electrons. The number of H-pyrrole nitrogens is 1. The van der Waals surface area contributed by atoms with Crippen LogP contribution in [0.2, 0.25) is 0 Å². The van der Waals surface area contributed by atoms with Gasteiger partial charge in [-0.3, -0.25) is 4.79 Å². The van der Waals surface area contributed by atoms with Gasteiger partial charge < -0.3 is 10.4 Å². The van der Waals surface area contributed by atoms with Gasteiger partial charge in [-0.2, -0.15) is 27.2 Å². The molecule has 1 heterocycles. The second-order valence-electron chi connectivity index (χ2n) is 3.00. The maximum Gasteiger partial charge on any atom is 0.326 e. The first-order valence-electron chi connectivity index (χ1n) is 4.53. The van der Waals surface area contributed by atoms with Gasteiger partial charge in [0, 0.05) is 0 Å². The number of amides is 1. The minimum atomic E-state index is -1.05. The Morgan fingerprint density at radius 1 is 1.69 bits per heavy atom. The zero-order valence-corrected chi connectivity index (χ0v) is 9.45. The van der Waals surface area contributed by atoms with Crippen LogP contribution in [0.25, 0.3) is 0 Å². The molecule has 88 valence electrons. The molecule has 0 aliphatic carbocycles. The largest absolute Gasteiger partial charge is 0.480 e. The fourth-order valence-electron chi connectivity index (χ4n) is 1.04. The summed E-state index contributed by atoms with van der Waals surface area (Å²) in [5.41, 5.74) is 0.0791. The van der Waals surface area contributed by atoms with Crippen molar-refractivity contribution < 1.29 is 14.7 Å². The van der Waals surface area contributed by atoms with Crippen molar-refractivity contribution in [3.8, 4) is 0 Å². The molecule has 0 fully saturated rings. The molecule has 8 heteroatoms. The highest BCUT2D eigenvalue weighted by atomic mass is 32.2. The zero-order valence-electron chi connectivity index (χ0n) is 8.64. The van der Waals surface area contributed by atoms with Gasteiger partial charge >= 0.3 is 5.97 Å². The molecule has 0 aliphatic heterocycles. The molecule has 0 aromatic carbocycles. The van der Waals surface area contributed by atoms with Crippen molar-refractivity contribution in [3.05, 3.63) is 11.9 Å². The molecule has 1 aromatic heterocycles. The van der Waals surface area contributed by atoms with E-state index < -0.39 is 17.9 Å². The highest BCUT2D eigenvalue weighted by Crippen LogP contribution is 2.02. The number of carbonyl (C=O) groups is 2. The van der Waals surface area contributed by atoms with Crippen molar-refractivity contribution in [1.82, 2.24) is 20.7 Å². The number of thioether (sulfide) groups is 1. The molecular weight excluding hydrogens is 232 g/mol. The number of nitrogens with zero attached hydrogens (tertiary/aromatic N) is 2. The lowest BCUT2D eigenvalue weighted by Crippen LogP contribution is -2.41. The zero-order chi connectivity index (χ0) is 12.0. The van der Waals surface area contributed by atoms with Gasteiger partial charge in [-0.15, -0.1) is 0 Å². The van der Waals surface area contributed by atoms with E-state index in [0.717, 1.165) is 0 Å². The predicted octanol–water partition coefficient (Wildman–Crippen LogP) is -0.259. The van der Waals surface area contributed by atoms with Crippen LogP contribution in [0.3, 0.4) is 0 Å². The lowest BCUT2D eigenvalue weighted by atomic mass is 10.2. The molecule has 0 spiro atoms. The van der Waals surface area contributed by atoms with Crippen molar-refractivity contribution in [3.63, 3.8) is 0 Å². The number of aliphatic carboxylic acids is 1. The predicted molar refractivity (Wildman–Crippen MR) is 58.3 cm³/mol. The minimum absolute atomic E-state index is 0.0791. The van der Waals surface area contributed by atoms with Crippen molar-refractivity contribution in [2.75, 3.05) is 12.0 Å². The number of carboxylic acids is 1. The van der Waals surface area contributed by atoms with Crippen molar-refractivity contribution in [1.29, 1.82) is 0 Å². The summed E-state index contributed by atoms with van der Waals surface area (Å²) in [4.78, 5) is 22.3. The van der Waals surface area contributed by atoms with Gasteiger partial charge in [0.05, 0.1) is 6.20 Å². The second-order valence-corrected chi connectivity index (χ2v) is 3.99. The fourth-order valence-corrected chi connectivity index (χ4v) is 1.51. The van der Waals surface area contributed by atoms with Crippen LogP contribution in [0.1, 0.15) is 16.9 Å². The fraction of sp³-hybridized carbons (Fsp3) is 0.500. The molecule has 0 saturated carbocycles. The van der Waals surface area contributed by atoms with E-state index in [0.29, 0.717) is 12.2 Å². The van der Waals surface area contributed by atoms with E-state index in [4.69, 9.17) is 5.11 Å². The Morgan fingerprint density at radius 3 is 2.94 bits per heavy atom. The third-order valence-corrected chi connectivity index (χ3v) is 2.51. The summed E-state index contributed by atoms with van der Waals surface area (Å²) in [5.74, 6) is -0.927. The monoisotopic (exact) mass is 244 g/mol. The molecule has 1 amide bonds. The van der Waals surface area contributed by atoms with Crippen molar-refractivity contribution in [2.24, 2.45) is 0 Å². The number of hydrogen-bond donors (Lipinski definition) is 3. The van der Waals surface area contributed by atoms with E-state index >= 15 is 0 Å².